The van der Waals surface area contributed by atoms with Crippen LogP contribution in [0.5, 0.6) is 0 Å². The fourth-order valence-electron chi connectivity index (χ4n) is 3.04. The smallest absolute Gasteiger partial charge is 0.164 e. The van der Waals surface area contributed by atoms with Gasteiger partial charge in [0.15, 0.2) is 5.78 Å². The highest BCUT2D eigenvalue weighted by Gasteiger charge is 2.21. The van der Waals surface area contributed by atoms with Crippen LogP contribution >= 0.6 is 0 Å². The number of nitrogens with one attached hydrogen (secondary N) is 1. The van der Waals surface area contributed by atoms with Gasteiger partial charge in [-0.05, 0) is 36.9 Å². The summed E-state index contributed by atoms with van der Waals surface area (Å²) in [6.07, 6.45) is 1.79. The first-order valence-electron chi connectivity index (χ1n) is 7.68. The summed E-state index contributed by atoms with van der Waals surface area (Å²) in [5, 5.41) is 5.63. The average molecular weight is 282 g/mol. The van der Waals surface area contributed by atoms with Crippen LogP contribution in [0.15, 0.2) is 42.5 Å². The minimum atomic E-state index is 0.244. The molecule has 1 fully saturated rings. The Bertz CT molecular complexity index is 638. The maximum absolute atomic E-state index is 12.4. The van der Waals surface area contributed by atoms with Gasteiger partial charge >= 0.3 is 0 Å². The Labute approximate surface area is 125 Å². The zero-order valence-corrected chi connectivity index (χ0v) is 12.5. The highest BCUT2D eigenvalue weighted by atomic mass is 16.1. The third-order valence-electron chi connectivity index (χ3n) is 4.41. The number of likely N-dealkylation sites (N-methyl/N-ethyl adjacent to an activating group) is 1. The summed E-state index contributed by atoms with van der Waals surface area (Å²) < 4.78 is 0. The molecule has 1 heterocycles. The Morgan fingerprint density at radius 3 is 2.81 bits per heavy atom. The van der Waals surface area contributed by atoms with E-state index in [1.165, 1.54) is 11.8 Å². The summed E-state index contributed by atoms with van der Waals surface area (Å²) in [6.45, 7) is 3.02. The van der Waals surface area contributed by atoms with Crippen LogP contribution < -0.4 is 5.32 Å². The molecule has 0 saturated carbocycles. The highest BCUT2D eigenvalue weighted by molar-refractivity contribution is 6.00. The van der Waals surface area contributed by atoms with E-state index in [2.05, 4.69) is 22.3 Å². The Kier molecular flexibility index (Phi) is 4.32. The van der Waals surface area contributed by atoms with Gasteiger partial charge in [0.25, 0.3) is 0 Å². The van der Waals surface area contributed by atoms with Crippen LogP contribution in [-0.2, 0) is 0 Å². The first-order valence-corrected chi connectivity index (χ1v) is 7.68. The third kappa shape index (κ3) is 3.31. The molecule has 0 amide bonds. The van der Waals surface area contributed by atoms with Crippen molar-refractivity contribution in [2.45, 2.75) is 18.9 Å². The van der Waals surface area contributed by atoms with Crippen LogP contribution in [0.1, 0.15) is 23.2 Å². The Morgan fingerprint density at radius 1 is 1.24 bits per heavy atom. The molecule has 3 nitrogen and oxygen atoms in total. The number of fused-ring (bicyclic) bond motifs is 1. The lowest BCUT2D eigenvalue weighted by molar-refractivity contribution is 0.0968. The SMILES string of the molecule is CNC1CCN(CCC(=O)c2ccc3ccccc3c2)C1. The number of hydrogen-bond acceptors (Lipinski definition) is 3. The Hall–Kier alpha value is -1.71. The molecule has 0 aromatic heterocycles. The standard InChI is InChI=1S/C18H22N2O/c1-19-17-8-10-20(13-17)11-9-18(21)16-7-6-14-4-2-3-5-15(14)12-16/h2-7,12,17,19H,8-11,13H2,1H3. The van der Waals surface area contributed by atoms with Crippen molar-refractivity contribution in [3.63, 3.8) is 0 Å². The van der Waals surface area contributed by atoms with Gasteiger partial charge in [-0.3, -0.25) is 4.79 Å². The van der Waals surface area contributed by atoms with Gasteiger partial charge in [0.1, 0.15) is 0 Å². The average Bonchev–Trinajstić information content (AvgIpc) is 3.00. The van der Waals surface area contributed by atoms with Crippen LogP contribution in [0.2, 0.25) is 0 Å². The molecular formula is C18H22N2O. The van der Waals surface area contributed by atoms with Crippen LogP contribution in [0.3, 0.4) is 0 Å². The molecule has 3 rings (SSSR count). The maximum Gasteiger partial charge on any atom is 0.164 e. The highest BCUT2D eigenvalue weighted by Crippen LogP contribution is 2.17. The second-order valence-electron chi connectivity index (χ2n) is 5.81. The molecule has 0 spiro atoms. The third-order valence-corrected chi connectivity index (χ3v) is 4.41. The van der Waals surface area contributed by atoms with Gasteiger partial charge in [0.05, 0.1) is 0 Å². The topological polar surface area (TPSA) is 32.3 Å². The van der Waals surface area contributed by atoms with Crippen LogP contribution in [0, 0.1) is 0 Å². The minimum Gasteiger partial charge on any atom is -0.316 e. The molecule has 1 unspecified atom stereocenters. The molecular weight excluding hydrogens is 260 g/mol. The Balaban J connectivity index is 1.61. The van der Waals surface area contributed by atoms with E-state index < -0.39 is 0 Å². The molecule has 0 bridgehead atoms. The number of nitrogens with zero attached hydrogens (tertiary/aromatic N) is 1. The van der Waals surface area contributed by atoms with Gasteiger partial charge in [0.2, 0.25) is 0 Å². The summed E-state index contributed by atoms with van der Waals surface area (Å²) in [5.74, 6) is 0.244. The lowest BCUT2D eigenvalue weighted by Gasteiger charge is -2.15. The lowest BCUT2D eigenvalue weighted by Crippen LogP contribution is -2.30. The number of hydrogen-bond donors (Lipinski definition) is 1. The minimum absolute atomic E-state index is 0.244. The fourth-order valence-corrected chi connectivity index (χ4v) is 3.04. The van der Waals surface area contributed by atoms with Gasteiger partial charge in [-0.1, -0.05) is 36.4 Å². The molecule has 2 aromatic carbocycles. The largest absolute Gasteiger partial charge is 0.316 e. The first kappa shape index (κ1) is 14.2. The van der Waals surface area contributed by atoms with E-state index in [-0.39, 0.29) is 5.78 Å². The van der Waals surface area contributed by atoms with Crippen molar-refractivity contribution in [2.75, 3.05) is 26.7 Å². The number of carbonyl (C=O) groups excluding carboxylic acids is 1. The molecule has 21 heavy (non-hydrogen) atoms. The quantitative estimate of drug-likeness (QED) is 0.856. The molecule has 1 aliphatic heterocycles. The molecule has 0 radical (unpaired) electrons. The second kappa shape index (κ2) is 6.37. The molecule has 1 N–H and O–H groups in total. The normalized spacial score (nSPS) is 19.2. The van der Waals surface area contributed by atoms with Crippen molar-refractivity contribution in [1.82, 2.24) is 10.2 Å². The van der Waals surface area contributed by atoms with E-state index in [0.29, 0.717) is 12.5 Å². The predicted octanol–water partition coefficient (Wildman–Crippen LogP) is 2.71. The molecule has 3 heteroatoms. The van der Waals surface area contributed by atoms with Gasteiger partial charge in [0, 0.05) is 31.1 Å². The maximum atomic E-state index is 12.4. The zero-order chi connectivity index (χ0) is 14.7. The van der Waals surface area contributed by atoms with E-state index in [4.69, 9.17) is 0 Å². The summed E-state index contributed by atoms with van der Waals surface area (Å²) in [6, 6.07) is 14.8. The molecule has 110 valence electrons. The molecule has 2 aromatic rings. The predicted molar refractivity (Wildman–Crippen MR) is 86.8 cm³/mol. The van der Waals surface area contributed by atoms with Gasteiger partial charge in [-0.2, -0.15) is 0 Å². The first-order chi connectivity index (χ1) is 10.3. The number of benzene rings is 2. The summed E-state index contributed by atoms with van der Waals surface area (Å²) >= 11 is 0. The van der Waals surface area contributed by atoms with Crippen molar-refractivity contribution < 1.29 is 4.79 Å². The van der Waals surface area contributed by atoms with E-state index >= 15 is 0 Å². The lowest BCUT2D eigenvalue weighted by atomic mass is 10.0. The van der Waals surface area contributed by atoms with E-state index in [9.17, 15) is 4.79 Å². The van der Waals surface area contributed by atoms with E-state index in [0.717, 1.165) is 30.6 Å². The van der Waals surface area contributed by atoms with Gasteiger partial charge < -0.3 is 10.2 Å². The number of carbonyl (C=O) groups is 1. The molecule has 0 aliphatic carbocycles. The van der Waals surface area contributed by atoms with E-state index in [1.54, 1.807) is 0 Å². The van der Waals surface area contributed by atoms with Crippen molar-refractivity contribution in [2.24, 2.45) is 0 Å². The molecule has 1 aliphatic rings. The van der Waals surface area contributed by atoms with Crippen molar-refractivity contribution in [3.8, 4) is 0 Å². The number of Topliss-reactive ketones (excluding diaryl/α,β-unsaturated/α-hetero) is 1. The summed E-state index contributed by atoms with van der Waals surface area (Å²) in [4.78, 5) is 14.7. The van der Waals surface area contributed by atoms with Gasteiger partial charge in [-0.15, -0.1) is 0 Å². The van der Waals surface area contributed by atoms with Gasteiger partial charge in [-0.25, -0.2) is 0 Å². The number of ketones is 1. The second-order valence-corrected chi connectivity index (χ2v) is 5.81. The van der Waals surface area contributed by atoms with Crippen LogP contribution in [0.4, 0.5) is 0 Å². The Morgan fingerprint density at radius 2 is 2.05 bits per heavy atom. The molecule has 1 atom stereocenters. The monoisotopic (exact) mass is 282 g/mol. The van der Waals surface area contributed by atoms with Crippen molar-refractivity contribution >= 4 is 16.6 Å². The fraction of sp³-hybridized carbons (Fsp3) is 0.389. The summed E-state index contributed by atoms with van der Waals surface area (Å²) in [7, 11) is 2.01. The van der Waals surface area contributed by atoms with Crippen molar-refractivity contribution in [1.29, 1.82) is 0 Å². The molecule has 1 saturated heterocycles. The number of likely N-dealkylation sites (tertiary alicyclic amines) is 1. The zero-order valence-electron chi connectivity index (χ0n) is 12.5. The van der Waals surface area contributed by atoms with Crippen LogP contribution in [-0.4, -0.2) is 43.4 Å². The van der Waals surface area contributed by atoms with Crippen LogP contribution in [0.25, 0.3) is 10.8 Å². The van der Waals surface area contributed by atoms with Crippen molar-refractivity contribution in [3.05, 3.63) is 48.0 Å². The summed E-state index contributed by atoms with van der Waals surface area (Å²) in [5.41, 5.74) is 0.832. The van der Waals surface area contributed by atoms with E-state index in [1.807, 2.05) is 37.4 Å². The number of rotatable bonds is 5.